The average molecular weight is 364 g/mol. The van der Waals surface area contributed by atoms with E-state index < -0.39 is 0 Å². The van der Waals surface area contributed by atoms with E-state index in [9.17, 15) is 4.79 Å². The van der Waals surface area contributed by atoms with Crippen LogP contribution in [-0.4, -0.2) is 15.7 Å². The van der Waals surface area contributed by atoms with E-state index in [1.54, 1.807) is 0 Å². The molecule has 1 heterocycles. The number of nitrogens with one attached hydrogen (secondary N) is 1. The number of benzene rings is 1. The van der Waals surface area contributed by atoms with E-state index >= 15 is 0 Å². The lowest BCUT2D eigenvalue weighted by molar-refractivity contribution is -0.121. The van der Waals surface area contributed by atoms with E-state index in [0.29, 0.717) is 6.42 Å². The van der Waals surface area contributed by atoms with E-state index in [-0.39, 0.29) is 11.9 Å². The molecular formula is C17H22BrN3O. The van der Waals surface area contributed by atoms with Gasteiger partial charge in [0.25, 0.3) is 0 Å². The molecule has 2 rings (SSSR count). The normalized spacial score (nSPS) is 12.2. The zero-order valence-electron chi connectivity index (χ0n) is 13.5. The van der Waals surface area contributed by atoms with Gasteiger partial charge in [-0.25, -0.2) is 0 Å². The Morgan fingerprint density at radius 3 is 2.45 bits per heavy atom. The summed E-state index contributed by atoms with van der Waals surface area (Å²) in [7, 11) is 1.90. The number of hydrogen-bond donors (Lipinski definition) is 1. The van der Waals surface area contributed by atoms with Crippen molar-refractivity contribution in [2.24, 2.45) is 7.05 Å². The summed E-state index contributed by atoms with van der Waals surface area (Å²) in [6.45, 7) is 6.02. The second-order valence-corrected chi connectivity index (χ2v) is 6.45. The topological polar surface area (TPSA) is 46.9 Å². The first-order valence-electron chi connectivity index (χ1n) is 7.46. The van der Waals surface area contributed by atoms with Gasteiger partial charge in [-0.05, 0) is 38.0 Å². The molecule has 0 fully saturated rings. The molecule has 2 aromatic rings. The Labute approximate surface area is 140 Å². The van der Waals surface area contributed by atoms with Crippen LogP contribution in [0.1, 0.15) is 41.9 Å². The standard InChI is InChI=1S/C17H22BrN3O/c1-5-16(13-6-8-14(18)9-7-13)19-17(22)10-15-11(2)20-21(4)12(15)3/h6-9,16H,5,10H2,1-4H3,(H,19,22). The summed E-state index contributed by atoms with van der Waals surface area (Å²) in [6.07, 6.45) is 1.23. The molecule has 1 aromatic heterocycles. The third-order valence-electron chi connectivity index (χ3n) is 4.01. The van der Waals surface area contributed by atoms with Crippen LogP contribution in [0, 0.1) is 13.8 Å². The Hall–Kier alpha value is -1.62. The molecule has 0 saturated heterocycles. The van der Waals surface area contributed by atoms with Crippen LogP contribution in [0.2, 0.25) is 0 Å². The van der Waals surface area contributed by atoms with Crippen LogP contribution in [0.4, 0.5) is 0 Å². The molecule has 1 amide bonds. The third kappa shape index (κ3) is 3.77. The van der Waals surface area contributed by atoms with Gasteiger partial charge < -0.3 is 5.32 Å². The summed E-state index contributed by atoms with van der Waals surface area (Å²) in [5.74, 6) is 0.0361. The van der Waals surface area contributed by atoms with Crippen molar-refractivity contribution in [1.29, 1.82) is 0 Å². The number of carbonyl (C=O) groups is 1. The van der Waals surface area contributed by atoms with Gasteiger partial charge in [-0.2, -0.15) is 5.10 Å². The first-order valence-corrected chi connectivity index (χ1v) is 8.25. The Balaban J connectivity index is 2.08. The molecule has 1 N–H and O–H groups in total. The summed E-state index contributed by atoms with van der Waals surface area (Å²) in [5, 5.41) is 7.49. The molecular weight excluding hydrogens is 342 g/mol. The van der Waals surface area contributed by atoms with E-state index in [0.717, 1.165) is 33.4 Å². The van der Waals surface area contributed by atoms with E-state index in [2.05, 4.69) is 33.3 Å². The van der Waals surface area contributed by atoms with Gasteiger partial charge >= 0.3 is 0 Å². The van der Waals surface area contributed by atoms with Crippen molar-refractivity contribution in [3.63, 3.8) is 0 Å². The third-order valence-corrected chi connectivity index (χ3v) is 4.54. The maximum absolute atomic E-state index is 12.4. The minimum atomic E-state index is 0.0361. The van der Waals surface area contributed by atoms with Crippen molar-refractivity contribution in [2.45, 2.75) is 39.7 Å². The molecule has 0 saturated carbocycles. The highest BCUT2D eigenvalue weighted by Gasteiger charge is 2.17. The highest BCUT2D eigenvalue weighted by atomic mass is 79.9. The maximum atomic E-state index is 12.4. The summed E-state index contributed by atoms with van der Waals surface area (Å²) in [6, 6.07) is 8.12. The zero-order valence-corrected chi connectivity index (χ0v) is 15.1. The minimum absolute atomic E-state index is 0.0361. The van der Waals surface area contributed by atoms with Crippen molar-refractivity contribution in [3.05, 3.63) is 51.3 Å². The Morgan fingerprint density at radius 1 is 1.32 bits per heavy atom. The fraction of sp³-hybridized carbons (Fsp3) is 0.412. The number of amides is 1. The van der Waals surface area contributed by atoms with Crippen LogP contribution in [0.25, 0.3) is 0 Å². The number of aryl methyl sites for hydroxylation is 2. The lowest BCUT2D eigenvalue weighted by Gasteiger charge is -2.17. The number of halogens is 1. The molecule has 4 nitrogen and oxygen atoms in total. The summed E-state index contributed by atoms with van der Waals surface area (Å²) < 4.78 is 2.86. The molecule has 0 aliphatic heterocycles. The molecule has 0 aliphatic carbocycles. The molecule has 0 bridgehead atoms. The molecule has 0 aliphatic rings. The van der Waals surface area contributed by atoms with Crippen molar-refractivity contribution in [1.82, 2.24) is 15.1 Å². The molecule has 1 atom stereocenters. The van der Waals surface area contributed by atoms with Gasteiger partial charge in [-0.15, -0.1) is 0 Å². The van der Waals surface area contributed by atoms with Gasteiger partial charge in [0.2, 0.25) is 5.91 Å². The number of hydrogen-bond acceptors (Lipinski definition) is 2. The molecule has 0 spiro atoms. The van der Waals surface area contributed by atoms with Crippen molar-refractivity contribution < 1.29 is 4.79 Å². The quantitative estimate of drug-likeness (QED) is 0.881. The lowest BCUT2D eigenvalue weighted by atomic mass is 10.0. The fourth-order valence-corrected chi connectivity index (χ4v) is 2.86. The van der Waals surface area contributed by atoms with Crippen LogP contribution in [0.5, 0.6) is 0 Å². The summed E-state index contributed by atoms with van der Waals surface area (Å²) in [4.78, 5) is 12.4. The molecule has 118 valence electrons. The number of nitrogens with zero attached hydrogens (tertiary/aromatic N) is 2. The van der Waals surface area contributed by atoms with Crippen molar-refractivity contribution >= 4 is 21.8 Å². The highest BCUT2D eigenvalue weighted by molar-refractivity contribution is 9.10. The number of aromatic nitrogens is 2. The SMILES string of the molecule is CCC(NC(=O)Cc1c(C)nn(C)c1C)c1ccc(Br)cc1. The van der Waals surface area contributed by atoms with Gasteiger partial charge in [0.1, 0.15) is 0 Å². The predicted octanol–water partition coefficient (Wildman–Crippen LogP) is 3.61. The predicted molar refractivity (Wildman–Crippen MR) is 91.7 cm³/mol. The Morgan fingerprint density at radius 2 is 1.95 bits per heavy atom. The van der Waals surface area contributed by atoms with E-state index in [1.165, 1.54) is 0 Å². The molecule has 0 radical (unpaired) electrons. The summed E-state index contributed by atoms with van der Waals surface area (Å²) in [5.41, 5.74) is 4.11. The summed E-state index contributed by atoms with van der Waals surface area (Å²) >= 11 is 3.43. The van der Waals surface area contributed by atoms with E-state index in [1.807, 2.05) is 49.8 Å². The van der Waals surface area contributed by atoms with Crippen LogP contribution in [0.15, 0.2) is 28.7 Å². The van der Waals surface area contributed by atoms with Gasteiger partial charge in [0.05, 0.1) is 18.2 Å². The molecule has 5 heteroatoms. The highest BCUT2D eigenvalue weighted by Crippen LogP contribution is 2.20. The van der Waals surface area contributed by atoms with Crippen LogP contribution < -0.4 is 5.32 Å². The smallest absolute Gasteiger partial charge is 0.225 e. The lowest BCUT2D eigenvalue weighted by Crippen LogP contribution is -2.29. The van der Waals surface area contributed by atoms with Crippen molar-refractivity contribution in [3.8, 4) is 0 Å². The monoisotopic (exact) mass is 363 g/mol. The largest absolute Gasteiger partial charge is 0.349 e. The van der Waals surface area contributed by atoms with Crippen LogP contribution in [-0.2, 0) is 18.3 Å². The van der Waals surface area contributed by atoms with Crippen LogP contribution >= 0.6 is 15.9 Å². The maximum Gasteiger partial charge on any atom is 0.225 e. The fourth-order valence-electron chi connectivity index (χ4n) is 2.60. The molecule has 22 heavy (non-hydrogen) atoms. The van der Waals surface area contributed by atoms with Crippen molar-refractivity contribution in [2.75, 3.05) is 0 Å². The molecule has 1 unspecified atom stereocenters. The van der Waals surface area contributed by atoms with Gasteiger partial charge in [-0.3, -0.25) is 9.48 Å². The molecule has 1 aromatic carbocycles. The number of rotatable bonds is 5. The second kappa shape index (κ2) is 7.09. The van der Waals surface area contributed by atoms with E-state index in [4.69, 9.17) is 0 Å². The minimum Gasteiger partial charge on any atom is -0.349 e. The second-order valence-electron chi connectivity index (χ2n) is 5.53. The first kappa shape index (κ1) is 16.7. The van der Waals surface area contributed by atoms with Gasteiger partial charge in [0.15, 0.2) is 0 Å². The van der Waals surface area contributed by atoms with Gasteiger partial charge in [-0.1, -0.05) is 35.0 Å². The number of carbonyl (C=O) groups excluding carboxylic acids is 1. The van der Waals surface area contributed by atoms with Gasteiger partial charge in [0, 0.05) is 22.8 Å². The Bertz CT molecular complexity index is 661. The Kier molecular flexibility index (Phi) is 5.40. The van der Waals surface area contributed by atoms with Crippen LogP contribution in [0.3, 0.4) is 0 Å². The zero-order chi connectivity index (χ0) is 16.3. The first-order chi connectivity index (χ1) is 10.4. The average Bonchev–Trinajstić information content (AvgIpc) is 2.72.